The smallest absolute Gasteiger partial charge is 0.283 e. The summed E-state index contributed by atoms with van der Waals surface area (Å²) in [5, 5.41) is 9.09. The third kappa shape index (κ3) is 2.98. The first kappa shape index (κ1) is 19.0. The van der Waals surface area contributed by atoms with Crippen LogP contribution < -0.4 is 10.5 Å². The van der Waals surface area contributed by atoms with E-state index in [0.29, 0.717) is 17.2 Å². The van der Waals surface area contributed by atoms with E-state index in [-0.39, 0.29) is 12.6 Å². The molecular formula is C25H16N6O2. The van der Waals surface area contributed by atoms with Crippen molar-refractivity contribution in [2.75, 3.05) is 6.61 Å². The maximum atomic E-state index is 9.09. The number of aromatic nitrogens is 3. The summed E-state index contributed by atoms with van der Waals surface area (Å²) in [4.78, 5) is 17.6. The van der Waals surface area contributed by atoms with Crippen LogP contribution in [0, 0.1) is 11.3 Å². The van der Waals surface area contributed by atoms with Crippen LogP contribution in [-0.4, -0.2) is 27.6 Å². The zero-order valence-corrected chi connectivity index (χ0v) is 17.3. The molecule has 1 spiro atoms. The van der Waals surface area contributed by atoms with Gasteiger partial charge in [-0.25, -0.2) is 19.9 Å². The second kappa shape index (κ2) is 7.14. The fourth-order valence-electron chi connectivity index (χ4n) is 4.25. The van der Waals surface area contributed by atoms with Crippen LogP contribution in [0.25, 0.3) is 22.3 Å². The summed E-state index contributed by atoms with van der Waals surface area (Å²) in [6.45, 7) is 0.232. The number of ether oxygens (including phenoxy) is 2. The topological polar surface area (TPSA) is 119 Å². The first-order chi connectivity index (χ1) is 16.2. The Labute approximate surface area is 189 Å². The molecule has 0 saturated heterocycles. The van der Waals surface area contributed by atoms with Gasteiger partial charge in [0, 0.05) is 35.3 Å². The molecule has 0 unspecified atom stereocenters. The van der Waals surface area contributed by atoms with Gasteiger partial charge in [0.05, 0.1) is 17.2 Å². The van der Waals surface area contributed by atoms with Gasteiger partial charge in [0.2, 0.25) is 5.88 Å². The number of benzene rings is 2. The Kier molecular flexibility index (Phi) is 4.10. The Morgan fingerprint density at radius 3 is 2.36 bits per heavy atom. The number of amidine groups is 1. The Morgan fingerprint density at radius 1 is 0.879 bits per heavy atom. The van der Waals surface area contributed by atoms with Crippen LogP contribution in [0.3, 0.4) is 0 Å². The Balaban J connectivity index is 1.53. The lowest BCUT2D eigenvalue weighted by atomic mass is 9.80. The third-order valence-corrected chi connectivity index (χ3v) is 5.90. The lowest BCUT2D eigenvalue weighted by Gasteiger charge is -2.33. The van der Waals surface area contributed by atoms with Gasteiger partial charge in [0.1, 0.15) is 18.7 Å². The number of nitrogens with two attached hydrogens (primary N) is 1. The molecule has 1 atom stereocenters. The van der Waals surface area contributed by atoms with Crippen LogP contribution in [-0.2, 0) is 10.3 Å². The van der Waals surface area contributed by atoms with Gasteiger partial charge >= 0.3 is 0 Å². The summed E-state index contributed by atoms with van der Waals surface area (Å²) in [5.74, 6) is 1.10. The molecule has 2 N–H and O–H groups in total. The van der Waals surface area contributed by atoms with E-state index in [1.165, 1.54) is 6.33 Å². The highest BCUT2D eigenvalue weighted by Crippen LogP contribution is 2.51. The van der Waals surface area contributed by atoms with E-state index in [1.807, 2.05) is 36.4 Å². The third-order valence-electron chi connectivity index (χ3n) is 5.90. The molecule has 4 heterocycles. The van der Waals surface area contributed by atoms with Crippen LogP contribution in [0.4, 0.5) is 0 Å². The number of nitrogens with zero attached hydrogens (tertiary/aromatic N) is 5. The molecule has 0 aliphatic carbocycles. The molecule has 33 heavy (non-hydrogen) atoms. The molecule has 2 aliphatic heterocycles. The number of nitriles is 1. The summed E-state index contributed by atoms with van der Waals surface area (Å²) in [6, 6.07) is 17.4. The summed E-state index contributed by atoms with van der Waals surface area (Å²) in [6.07, 6.45) is 6.76. The predicted molar refractivity (Wildman–Crippen MR) is 120 cm³/mol. The molecule has 6 rings (SSSR count). The normalized spacial score (nSPS) is 17.8. The van der Waals surface area contributed by atoms with Crippen molar-refractivity contribution < 1.29 is 9.47 Å². The van der Waals surface area contributed by atoms with Gasteiger partial charge in [-0.05, 0) is 41.5 Å². The van der Waals surface area contributed by atoms with Crippen molar-refractivity contribution in [3.05, 3.63) is 90.1 Å². The fourth-order valence-corrected chi connectivity index (χ4v) is 4.25. The highest BCUT2D eigenvalue weighted by Gasteiger charge is 2.47. The van der Waals surface area contributed by atoms with Gasteiger partial charge < -0.3 is 15.2 Å². The molecule has 0 radical (unpaired) electrons. The van der Waals surface area contributed by atoms with Gasteiger partial charge in [0.25, 0.3) is 6.02 Å². The number of fused-ring (bicyclic) bond motifs is 4. The maximum absolute atomic E-state index is 9.09. The highest BCUT2D eigenvalue weighted by atomic mass is 16.5. The maximum Gasteiger partial charge on any atom is 0.283 e. The zero-order chi connectivity index (χ0) is 22.4. The van der Waals surface area contributed by atoms with E-state index < -0.39 is 5.54 Å². The molecular weight excluding hydrogens is 416 g/mol. The van der Waals surface area contributed by atoms with E-state index in [0.717, 1.165) is 33.4 Å². The summed E-state index contributed by atoms with van der Waals surface area (Å²) >= 11 is 0. The first-order valence-electron chi connectivity index (χ1n) is 10.2. The highest BCUT2D eigenvalue weighted by molar-refractivity contribution is 5.78. The largest absolute Gasteiger partial charge is 0.462 e. The second-order valence-corrected chi connectivity index (χ2v) is 7.81. The Hall–Kier alpha value is -4.77. The van der Waals surface area contributed by atoms with Crippen molar-refractivity contribution in [3.63, 3.8) is 0 Å². The SMILES string of the molecule is N#Cc1ccc(-c2cnc3c(c2)[C@]2(COC(N)=N2)c2cc(-c4cncnc4)ccc2O3)cc1. The molecule has 158 valence electrons. The van der Waals surface area contributed by atoms with Crippen molar-refractivity contribution in [1.29, 1.82) is 5.26 Å². The molecule has 4 aromatic rings. The minimum Gasteiger partial charge on any atom is -0.462 e. The molecule has 0 bridgehead atoms. The molecule has 2 aliphatic rings. The van der Waals surface area contributed by atoms with Crippen LogP contribution >= 0.6 is 0 Å². The molecule has 0 fully saturated rings. The van der Waals surface area contributed by atoms with E-state index in [4.69, 9.17) is 25.5 Å². The number of rotatable bonds is 2. The van der Waals surface area contributed by atoms with Gasteiger partial charge in [-0.15, -0.1) is 0 Å². The van der Waals surface area contributed by atoms with E-state index in [2.05, 4.69) is 21.0 Å². The lowest BCUT2D eigenvalue weighted by Crippen LogP contribution is -2.31. The quantitative estimate of drug-likeness (QED) is 0.512. The average Bonchev–Trinajstić information content (AvgIpc) is 3.26. The fraction of sp³-hybridized carbons (Fsp3) is 0.0800. The molecule has 8 heteroatoms. The van der Waals surface area contributed by atoms with Crippen LogP contribution in [0.2, 0.25) is 0 Å². The number of hydrogen-bond donors (Lipinski definition) is 1. The van der Waals surface area contributed by atoms with Crippen molar-refractivity contribution in [3.8, 4) is 40.0 Å². The Bertz CT molecular complexity index is 1460. The minimum atomic E-state index is -0.895. The van der Waals surface area contributed by atoms with Gasteiger partial charge in [0.15, 0.2) is 5.54 Å². The number of pyridine rings is 1. The summed E-state index contributed by atoms with van der Waals surface area (Å²) in [5.41, 5.74) is 10.9. The second-order valence-electron chi connectivity index (χ2n) is 7.81. The van der Waals surface area contributed by atoms with Gasteiger partial charge in [-0.3, -0.25) is 0 Å². The predicted octanol–water partition coefficient (Wildman–Crippen LogP) is 3.77. The van der Waals surface area contributed by atoms with Crippen molar-refractivity contribution in [1.82, 2.24) is 15.0 Å². The van der Waals surface area contributed by atoms with Crippen molar-refractivity contribution >= 4 is 6.02 Å². The van der Waals surface area contributed by atoms with E-state index in [1.54, 1.807) is 30.7 Å². The van der Waals surface area contributed by atoms with Crippen LogP contribution in [0.5, 0.6) is 11.6 Å². The van der Waals surface area contributed by atoms with Crippen molar-refractivity contribution in [2.24, 2.45) is 10.7 Å². The molecule has 0 amide bonds. The Morgan fingerprint density at radius 2 is 1.64 bits per heavy atom. The minimum absolute atomic E-state index is 0.117. The van der Waals surface area contributed by atoms with Crippen LogP contribution in [0.15, 0.2) is 78.4 Å². The molecule has 2 aromatic heterocycles. The zero-order valence-electron chi connectivity index (χ0n) is 17.3. The standard InChI is InChI=1S/C25H16N6O2/c26-9-15-1-3-16(4-2-15)18-8-21-23(30-12-18)33-22-6-5-17(19-10-28-14-29-11-19)7-20(22)25(21)13-32-24(27)31-25/h1-8,10-12,14H,13H2,(H2,27,31)/t25-/m0/s1. The average molecular weight is 432 g/mol. The molecule has 8 nitrogen and oxygen atoms in total. The van der Waals surface area contributed by atoms with Gasteiger partial charge in [-0.1, -0.05) is 18.2 Å². The number of aliphatic imine (C=N–C) groups is 1. The van der Waals surface area contributed by atoms with E-state index in [9.17, 15) is 0 Å². The lowest BCUT2D eigenvalue weighted by molar-refractivity contribution is 0.262. The summed E-state index contributed by atoms with van der Waals surface area (Å²) in [7, 11) is 0. The summed E-state index contributed by atoms with van der Waals surface area (Å²) < 4.78 is 11.8. The van der Waals surface area contributed by atoms with E-state index >= 15 is 0 Å². The van der Waals surface area contributed by atoms with Crippen molar-refractivity contribution in [2.45, 2.75) is 5.54 Å². The molecule has 0 saturated carbocycles. The van der Waals surface area contributed by atoms with Gasteiger partial charge in [-0.2, -0.15) is 5.26 Å². The first-order valence-corrected chi connectivity index (χ1v) is 10.2. The number of hydrogen-bond acceptors (Lipinski definition) is 8. The molecule has 2 aromatic carbocycles. The monoisotopic (exact) mass is 432 g/mol. The van der Waals surface area contributed by atoms with Crippen LogP contribution in [0.1, 0.15) is 16.7 Å².